The minimum absolute atomic E-state index is 0.110. The summed E-state index contributed by atoms with van der Waals surface area (Å²) < 4.78 is 6.38. The molecule has 4 nitrogen and oxygen atoms in total. The molecule has 3 atom stereocenters. The fraction of sp³-hybridized carbons (Fsp3) is 0.636. The lowest BCUT2D eigenvalue weighted by molar-refractivity contribution is -0.116. The van der Waals surface area contributed by atoms with E-state index in [9.17, 15) is 9.59 Å². The number of Topliss-reactive ketones (excluding diaryl/α,β-unsaturated/α-hetero) is 1. The molecular formula is C33H51NO3SSi. The zero-order chi connectivity index (χ0) is 29.0. The van der Waals surface area contributed by atoms with Crippen molar-refractivity contribution in [2.45, 2.75) is 129 Å². The van der Waals surface area contributed by atoms with Crippen LogP contribution in [0.15, 0.2) is 53.6 Å². The maximum atomic E-state index is 13.9. The molecule has 0 radical (unpaired) electrons. The fourth-order valence-electron chi connectivity index (χ4n) is 7.22. The molecule has 6 heteroatoms. The highest BCUT2D eigenvalue weighted by molar-refractivity contribution is 8.32. The quantitative estimate of drug-likeness (QED) is 0.219. The van der Waals surface area contributed by atoms with Crippen LogP contribution < -0.4 is 0 Å². The first-order valence-electron chi connectivity index (χ1n) is 15.0. The fourth-order valence-corrected chi connectivity index (χ4v) is 16.4. The molecule has 1 saturated carbocycles. The normalized spacial score (nSPS) is 23.2. The van der Waals surface area contributed by atoms with Crippen LogP contribution >= 0.6 is 11.2 Å². The van der Waals surface area contributed by atoms with E-state index < -0.39 is 7.22 Å². The highest BCUT2D eigenvalue weighted by Gasteiger charge is 2.47. The summed E-state index contributed by atoms with van der Waals surface area (Å²) in [4.78, 5) is 29.8. The van der Waals surface area contributed by atoms with Crippen molar-refractivity contribution in [3.05, 3.63) is 59.2 Å². The van der Waals surface area contributed by atoms with Crippen molar-refractivity contribution in [2.24, 2.45) is 5.92 Å². The number of nitrogens with zero attached hydrogens (tertiary/aromatic N) is 1. The van der Waals surface area contributed by atoms with Crippen LogP contribution in [0.5, 0.6) is 0 Å². The molecule has 216 valence electrons. The number of carbonyl (C=O) groups is 2. The van der Waals surface area contributed by atoms with Crippen molar-refractivity contribution in [3.8, 4) is 0 Å². The van der Waals surface area contributed by atoms with Gasteiger partial charge in [-0.3, -0.25) is 9.69 Å². The van der Waals surface area contributed by atoms with Gasteiger partial charge in [0.15, 0.2) is 5.78 Å². The molecule has 39 heavy (non-hydrogen) atoms. The number of hydrogen-bond donors (Lipinski definition) is 0. The highest BCUT2D eigenvalue weighted by Crippen LogP contribution is 2.52. The van der Waals surface area contributed by atoms with E-state index in [0.29, 0.717) is 23.0 Å². The molecule has 0 spiro atoms. The summed E-state index contributed by atoms with van der Waals surface area (Å²) in [7, 11) is -1.95. The van der Waals surface area contributed by atoms with Gasteiger partial charge in [0.1, 0.15) is 13.3 Å². The van der Waals surface area contributed by atoms with Crippen LogP contribution in [0.25, 0.3) is 0 Å². The monoisotopic (exact) mass is 569 g/mol. The number of amides is 1. The van der Waals surface area contributed by atoms with Crippen LogP contribution in [0.2, 0.25) is 16.6 Å². The van der Waals surface area contributed by atoms with Gasteiger partial charge < -0.3 is 4.74 Å². The lowest BCUT2D eigenvalue weighted by Gasteiger charge is -2.44. The minimum atomic E-state index is -1.95. The van der Waals surface area contributed by atoms with E-state index in [1.54, 1.807) is 4.90 Å². The molecule has 1 heterocycles. The molecule has 1 aliphatic heterocycles. The summed E-state index contributed by atoms with van der Waals surface area (Å²) in [6.07, 6.45) is 9.70. The molecule has 0 bridgehead atoms. The van der Waals surface area contributed by atoms with Crippen LogP contribution in [-0.4, -0.2) is 36.1 Å². The Morgan fingerprint density at radius 2 is 1.62 bits per heavy atom. The van der Waals surface area contributed by atoms with Gasteiger partial charge in [-0.2, -0.15) is 0 Å². The maximum Gasteiger partial charge on any atom is 0.414 e. The minimum Gasteiger partial charge on any atom is -0.446 e. The van der Waals surface area contributed by atoms with Gasteiger partial charge in [0.25, 0.3) is 0 Å². The molecule has 1 aliphatic carbocycles. The van der Waals surface area contributed by atoms with E-state index in [1.165, 1.54) is 5.56 Å². The van der Waals surface area contributed by atoms with Crippen LogP contribution in [-0.2, 0) is 14.9 Å². The predicted molar refractivity (Wildman–Crippen MR) is 168 cm³/mol. The summed E-state index contributed by atoms with van der Waals surface area (Å²) in [6.45, 7) is 20.3. The van der Waals surface area contributed by atoms with Gasteiger partial charge in [0.2, 0.25) is 0 Å². The number of hydrogen-bond acceptors (Lipinski definition) is 4. The summed E-state index contributed by atoms with van der Waals surface area (Å²) in [5.74, 6) is 0.386. The Morgan fingerprint density at radius 1 is 1.03 bits per heavy atom. The van der Waals surface area contributed by atoms with Crippen molar-refractivity contribution >= 4 is 30.3 Å². The first-order valence-corrected chi connectivity index (χ1v) is 18.7. The Labute approximate surface area is 242 Å². The lowest BCUT2D eigenvalue weighted by Crippen LogP contribution is -2.47. The Balaban J connectivity index is 1.93. The molecule has 1 fully saturated rings. The van der Waals surface area contributed by atoms with Crippen LogP contribution in [0.3, 0.4) is 0 Å². The van der Waals surface area contributed by atoms with Crippen molar-refractivity contribution in [2.75, 3.05) is 0 Å². The van der Waals surface area contributed by atoms with E-state index in [1.807, 2.05) is 42.6 Å². The van der Waals surface area contributed by atoms with Crippen molar-refractivity contribution < 1.29 is 14.3 Å². The van der Waals surface area contributed by atoms with Gasteiger partial charge >= 0.3 is 6.09 Å². The van der Waals surface area contributed by atoms with Gasteiger partial charge in [0, 0.05) is 18.5 Å². The van der Waals surface area contributed by atoms with Gasteiger partial charge in [-0.25, -0.2) is 4.79 Å². The molecule has 3 rings (SSSR count). The number of benzene rings is 1. The van der Waals surface area contributed by atoms with E-state index >= 15 is 0 Å². The van der Waals surface area contributed by atoms with Crippen LogP contribution in [0, 0.1) is 5.92 Å². The average molecular weight is 570 g/mol. The van der Waals surface area contributed by atoms with E-state index in [0.717, 1.165) is 30.6 Å². The summed E-state index contributed by atoms with van der Waals surface area (Å²) in [6, 6.07) is 10.3. The van der Waals surface area contributed by atoms with Gasteiger partial charge in [-0.15, -0.1) is 11.2 Å². The average Bonchev–Trinajstić information content (AvgIpc) is 2.88. The maximum absolute atomic E-state index is 13.9. The van der Waals surface area contributed by atoms with Crippen molar-refractivity contribution in [3.63, 3.8) is 0 Å². The third-order valence-electron chi connectivity index (χ3n) is 9.30. The van der Waals surface area contributed by atoms with Crippen molar-refractivity contribution in [1.29, 1.82) is 0 Å². The second kappa shape index (κ2) is 13.2. The number of ketones is 1. The van der Waals surface area contributed by atoms with E-state index in [-0.39, 0.29) is 35.4 Å². The van der Waals surface area contributed by atoms with Crippen molar-refractivity contribution in [1.82, 2.24) is 4.90 Å². The summed E-state index contributed by atoms with van der Waals surface area (Å²) in [5, 5.41) is 0. The molecule has 1 aromatic carbocycles. The topological polar surface area (TPSA) is 46.6 Å². The second-order valence-electron chi connectivity index (χ2n) is 12.9. The third-order valence-corrected chi connectivity index (χ3v) is 21.6. The molecule has 1 amide bonds. The second-order valence-corrected chi connectivity index (χ2v) is 21.5. The summed E-state index contributed by atoms with van der Waals surface area (Å²) in [5.41, 5.74) is 2.69. The van der Waals surface area contributed by atoms with Crippen LogP contribution in [0.1, 0.15) is 100.0 Å². The number of carbonyl (C=O) groups excluding carboxylic acids is 2. The molecule has 0 saturated heterocycles. The Bertz CT molecular complexity index is 1020. The molecule has 0 aromatic heterocycles. The van der Waals surface area contributed by atoms with Gasteiger partial charge in [0.05, 0.1) is 10.9 Å². The highest BCUT2D eigenvalue weighted by atomic mass is 32.4. The van der Waals surface area contributed by atoms with Crippen LogP contribution in [0.4, 0.5) is 4.79 Å². The molecule has 0 N–H and O–H groups in total. The molecular weight excluding hydrogens is 519 g/mol. The third kappa shape index (κ3) is 6.75. The number of rotatable bonds is 9. The predicted octanol–water partition coefficient (Wildman–Crippen LogP) is 9.63. The number of ether oxygens (including phenoxy) is 1. The molecule has 2 aliphatic rings. The Morgan fingerprint density at radius 3 is 2.18 bits per heavy atom. The molecule has 0 unspecified atom stereocenters. The van der Waals surface area contributed by atoms with Gasteiger partial charge in [-0.05, 0) is 53.8 Å². The van der Waals surface area contributed by atoms with E-state index in [2.05, 4.69) is 79.7 Å². The SMILES string of the molecule is C/C=C/[C@@H]1CC(=O)C(S[Si](C(C)C)(C(C)C)C(C)C)=CN1C(=O)O[C@@H]1CCCC[C@H]1C(C)(C)c1ccccc1. The lowest BCUT2D eigenvalue weighted by atomic mass is 9.66. The number of allylic oxidation sites excluding steroid dienone is 2. The smallest absolute Gasteiger partial charge is 0.414 e. The molecule has 1 aromatic rings. The van der Waals surface area contributed by atoms with E-state index in [4.69, 9.17) is 4.74 Å². The van der Waals surface area contributed by atoms with Gasteiger partial charge in [-0.1, -0.05) is 104 Å². The zero-order valence-corrected chi connectivity index (χ0v) is 27.5. The standard InChI is InChI=1S/C33H51NO3SSi/c1-10-16-27-21-29(35)31(38-39(23(2)3,24(4)5)25(6)7)22-34(27)32(36)37-30-20-15-14-19-28(30)33(8,9)26-17-12-11-13-18-26/h10-13,16-18,22-25,27-28,30H,14-15,19-21H2,1-9H3/b16-10+/t27-,28-,30-/m1/s1. The Hall–Kier alpha value is -1.79. The first kappa shape index (κ1) is 31.7. The zero-order valence-electron chi connectivity index (χ0n) is 25.7. The summed E-state index contributed by atoms with van der Waals surface area (Å²) >= 11 is 1.81. The first-order chi connectivity index (χ1) is 18.4. The largest absolute Gasteiger partial charge is 0.446 e. The Kier molecular flexibility index (Phi) is 10.8.